The summed E-state index contributed by atoms with van der Waals surface area (Å²) in [7, 11) is -3.06. The summed E-state index contributed by atoms with van der Waals surface area (Å²) >= 11 is 0. The summed E-state index contributed by atoms with van der Waals surface area (Å²) in [6, 6.07) is 13.2. The van der Waals surface area contributed by atoms with Gasteiger partial charge in [0.15, 0.2) is 0 Å². The number of fused-ring (bicyclic) bond motifs is 1. The molecule has 7 nitrogen and oxygen atoms in total. The van der Waals surface area contributed by atoms with E-state index in [4.69, 9.17) is 4.74 Å². The van der Waals surface area contributed by atoms with Crippen LogP contribution in [0.3, 0.4) is 0 Å². The van der Waals surface area contributed by atoms with Crippen molar-refractivity contribution in [3.05, 3.63) is 65.2 Å². The van der Waals surface area contributed by atoms with Crippen molar-refractivity contribution in [3.63, 3.8) is 0 Å². The molecule has 0 spiro atoms. The first-order valence-corrected chi connectivity index (χ1v) is 10.9. The largest absolute Gasteiger partial charge is 0.442 e. The van der Waals surface area contributed by atoms with Gasteiger partial charge in [-0.25, -0.2) is 9.00 Å². The van der Waals surface area contributed by atoms with Gasteiger partial charge in [-0.2, -0.15) is 0 Å². The van der Waals surface area contributed by atoms with Crippen molar-refractivity contribution in [2.75, 3.05) is 6.26 Å². The molecular formula is C21H22N2O5S. The maximum atomic E-state index is 13.0. The molecular weight excluding hydrogens is 392 g/mol. The number of carbonyl (C=O) groups is 3. The maximum absolute atomic E-state index is 13.0. The molecule has 0 aromatic heterocycles. The summed E-state index contributed by atoms with van der Waals surface area (Å²) in [4.78, 5) is 38.5. The van der Waals surface area contributed by atoms with Crippen molar-refractivity contribution in [1.29, 1.82) is 0 Å². The maximum Gasteiger partial charge on any atom is 0.442 e. The van der Waals surface area contributed by atoms with Gasteiger partial charge in [-0.05, 0) is 50.6 Å². The minimum Gasteiger partial charge on any atom is -0.442 e. The predicted molar refractivity (Wildman–Crippen MR) is 108 cm³/mol. The number of amides is 3. The number of imide groups is 1. The summed E-state index contributed by atoms with van der Waals surface area (Å²) in [5, 5.41) is 0. The molecule has 2 aromatic rings. The molecule has 152 valence electrons. The lowest BCUT2D eigenvalue weighted by molar-refractivity contribution is 0.0603. The number of carbonyl (C=O) groups excluding carboxylic acids is 3. The van der Waals surface area contributed by atoms with Crippen LogP contribution in [0, 0.1) is 0 Å². The Morgan fingerprint density at radius 3 is 2.17 bits per heavy atom. The molecule has 1 atom stereocenters. The second kappa shape index (κ2) is 7.44. The Labute approximate surface area is 169 Å². The highest BCUT2D eigenvalue weighted by Crippen LogP contribution is 2.25. The first-order chi connectivity index (χ1) is 13.5. The molecule has 8 heteroatoms. The Bertz CT molecular complexity index is 1090. The van der Waals surface area contributed by atoms with Gasteiger partial charge in [-0.3, -0.25) is 14.5 Å². The summed E-state index contributed by atoms with van der Waals surface area (Å²) in [6.45, 7) is 5.12. The standard InChI is InChI=1S/C21H22N2O5S/c1-21(2,3)28-20(26)22-29(4,27)15-9-7-8-14(12-15)13-23-18(24)16-10-5-6-11-17(16)19(23)25/h5-12H,13H2,1-4H3. The van der Waals surface area contributed by atoms with Crippen molar-refractivity contribution < 1.29 is 23.3 Å². The van der Waals surface area contributed by atoms with Crippen LogP contribution in [0.25, 0.3) is 0 Å². The molecule has 0 N–H and O–H groups in total. The highest BCUT2D eigenvalue weighted by atomic mass is 32.2. The third-order valence-corrected chi connectivity index (χ3v) is 5.82. The minimum atomic E-state index is -3.06. The highest BCUT2D eigenvalue weighted by Gasteiger charge is 2.35. The molecule has 1 aliphatic rings. The van der Waals surface area contributed by atoms with E-state index in [-0.39, 0.29) is 18.4 Å². The van der Waals surface area contributed by atoms with Crippen LogP contribution < -0.4 is 0 Å². The van der Waals surface area contributed by atoms with Crippen LogP contribution in [-0.4, -0.2) is 38.9 Å². The van der Waals surface area contributed by atoms with Crippen LogP contribution in [0.15, 0.2) is 57.8 Å². The lowest BCUT2D eigenvalue weighted by Crippen LogP contribution is -2.29. The van der Waals surface area contributed by atoms with E-state index in [9.17, 15) is 18.6 Å². The fourth-order valence-electron chi connectivity index (χ4n) is 2.92. The zero-order valence-corrected chi connectivity index (χ0v) is 17.5. The second-order valence-corrected chi connectivity index (χ2v) is 10.0. The quantitative estimate of drug-likeness (QED) is 0.711. The summed E-state index contributed by atoms with van der Waals surface area (Å²) in [5.41, 5.74) is 0.593. The van der Waals surface area contributed by atoms with Gasteiger partial charge in [-0.1, -0.05) is 24.3 Å². The Balaban J connectivity index is 1.86. The van der Waals surface area contributed by atoms with E-state index in [1.165, 1.54) is 6.26 Å². The van der Waals surface area contributed by atoms with Gasteiger partial charge >= 0.3 is 6.09 Å². The molecule has 29 heavy (non-hydrogen) atoms. The van der Waals surface area contributed by atoms with Crippen LogP contribution in [0.4, 0.5) is 4.79 Å². The van der Waals surface area contributed by atoms with Gasteiger partial charge < -0.3 is 4.74 Å². The molecule has 1 unspecified atom stereocenters. The fourth-order valence-corrected chi connectivity index (χ4v) is 4.05. The normalized spacial score (nSPS) is 15.7. The molecule has 0 fully saturated rings. The third-order valence-electron chi connectivity index (χ3n) is 4.20. The lowest BCUT2D eigenvalue weighted by atomic mass is 10.1. The SMILES string of the molecule is CC(C)(C)OC(=O)N=S(C)(=O)c1cccc(CN2C(=O)c3ccccc3C2=O)c1. The van der Waals surface area contributed by atoms with Crippen molar-refractivity contribution in [1.82, 2.24) is 4.90 Å². The van der Waals surface area contributed by atoms with Gasteiger partial charge in [0.25, 0.3) is 11.8 Å². The van der Waals surface area contributed by atoms with Crippen LogP contribution in [-0.2, 0) is 21.0 Å². The molecule has 0 aliphatic carbocycles. The van der Waals surface area contributed by atoms with Crippen molar-refractivity contribution in [2.24, 2.45) is 4.36 Å². The van der Waals surface area contributed by atoms with E-state index in [1.807, 2.05) is 0 Å². The molecule has 2 aromatic carbocycles. The number of benzene rings is 2. The first-order valence-electron chi connectivity index (χ1n) is 8.97. The van der Waals surface area contributed by atoms with E-state index in [0.717, 1.165) is 4.90 Å². The highest BCUT2D eigenvalue weighted by molar-refractivity contribution is 7.93. The third kappa shape index (κ3) is 4.54. The average Bonchev–Trinajstić information content (AvgIpc) is 2.85. The Hall–Kier alpha value is -3.00. The van der Waals surface area contributed by atoms with Gasteiger partial charge in [0.1, 0.15) is 5.60 Å². The molecule has 3 rings (SSSR count). The van der Waals surface area contributed by atoms with Gasteiger partial charge in [0.2, 0.25) is 0 Å². The Kier molecular flexibility index (Phi) is 5.32. The Morgan fingerprint density at radius 2 is 1.62 bits per heavy atom. The van der Waals surface area contributed by atoms with Crippen LogP contribution >= 0.6 is 0 Å². The molecule has 3 amide bonds. The summed E-state index contributed by atoms with van der Waals surface area (Å²) in [5.74, 6) is -0.738. The number of hydrogen-bond donors (Lipinski definition) is 0. The molecule has 1 aliphatic heterocycles. The van der Waals surface area contributed by atoms with Crippen molar-refractivity contribution in [2.45, 2.75) is 37.8 Å². The zero-order valence-electron chi connectivity index (χ0n) is 16.7. The van der Waals surface area contributed by atoms with E-state index >= 15 is 0 Å². The molecule has 0 saturated carbocycles. The Morgan fingerprint density at radius 1 is 1.03 bits per heavy atom. The number of ether oxygens (including phenoxy) is 1. The van der Waals surface area contributed by atoms with Crippen molar-refractivity contribution in [3.8, 4) is 0 Å². The van der Waals surface area contributed by atoms with E-state index in [0.29, 0.717) is 21.6 Å². The second-order valence-electron chi connectivity index (χ2n) is 7.76. The van der Waals surface area contributed by atoms with Gasteiger partial charge in [0, 0.05) is 11.2 Å². The molecule has 0 saturated heterocycles. The van der Waals surface area contributed by atoms with E-state index < -0.39 is 21.4 Å². The van der Waals surface area contributed by atoms with Gasteiger partial charge in [0.05, 0.1) is 27.4 Å². The smallest absolute Gasteiger partial charge is 0.442 e. The van der Waals surface area contributed by atoms with Crippen LogP contribution in [0.1, 0.15) is 47.1 Å². The topological polar surface area (TPSA) is 93.1 Å². The number of rotatable bonds is 3. The minimum absolute atomic E-state index is 0.0299. The van der Waals surface area contributed by atoms with E-state index in [1.54, 1.807) is 69.3 Å². The first kappa shape index (κ1) is 20.7. The lowest BCUT2D eigenvalue weighted by Gasteiger charge is -2.18. The number of hydrogen-bond acceptors (Lipinski definition) is 5. The average molecular weight is 414 g/mol. The summed E-state index contributed by atoms with van der Waals surface area (Å²) in [6.07, 6.45) is 0.439. The van der Waals surface area contributed by atoms with E-state index in [2.05, 4.69) is 4.36 Å². The monoisotopic (exact) mass is 414 g/mol. The predicted octanol–water partition coefficient (Wildman–Crippen LogP) is 3.87. The summed E-state index contributed by atoms with van der Waals surface area (Å²) < 4.78 is 21.8. The van der Waals surface area contributed by atoms with Crippen LogP contribution in [0.2, 0.25) is 0 Å². The zero-order chi connectivity index (χ0) is 21.4. The fraction of sp³-hybridized carbons (Fsp3) is 0.286. The van der Waals surface area contributed by atoms with Crippen LogP contribution in [0.5, 0.6) is 0 Å². The molecule has 0 bridgehead atoms. The number of nitrogens with zero attached hydrogens (tertiary/aromatic N) is 2. The molecule has 1 heterocycles. The molecule has 0 radical (unpaired) electrons. The van der Waals surface area contributed by atoms with Gasteiger partial charge in [-0.15, -0.1) is 4.36 Å². The van der Waals surface area contributed by atoms with Crippen molar-refractivity contribution >= 4 is 27.6 Å².